The minimum absolute atomic E-state index is 0.132. The summed E-state index contributed by atoms with van der Waals surface area (Å²) in [7, 11) is 0. The van der Waals surface area contributed by atoms with Gasteiger partial charge in [0, 0.05) is 6.42 Å². The van der Waals surface area contributed by atoms with E-state index in [0.717, 1.165) is 38.5 Å². The topological polar surface area (TPSA) is 149 Å². The van der Waals surface area contributed by atoms with E-state index in [0.29, 0.717) is 12.8 Å². The van der Waals surface area contributed by atoms with Gasteiger partial charge in [0.15, 0.2) is 6.29 Å². The lowest BCUT2D eigenvalue weighted by atomic mass is 9.99. The maximum absolute atomic E-state index is 13.1. The smallest absolute Gasteiger partial charge is 0.220 e. The quantitative estimate of drug-likeness (QED) is 0.0261. The Morgan fingerprint density at radius 3 is 1.11 bits per heavy atom. The first-order valence-electron chi connectivity index (χ1n) is 32.4. The lowest BCUT2D eigenvalue weighted by Gasteiger charge is -2.40. The van der Waals surface area contributed by atoms with E-state index < -0.39 is 49.5 Å². The van der Waals surface area contributed by atoms with Crippen molar-refractivity contribution in [2.45, 2.75) is 378 Å². The zero-order valence-electron chi connectivity index (χ0n) is 48.4. The standard InChI is InChI=1S/C64H125NO8/c1-3-5-7-9-11-13-15-17-19-21-22-23-24-25-26-27-28-29-30-31-32-33-34-35-36-38-40-42-44-46-48-50-52-54-60(68)65-57(56-72-64-63(71)62(70)61(69)59(55-66)73-64)58(67)53-51-49-47-45-43-41-39-37-20-18-16-14-12-10-8-6-4-2/h25-26,57-59,61-64,66-67,69-71H,3-24,27-56H2,1-2H3,(H,65,68)/b26-25-. The fourth-order valence-corrected chi connectivity index (χ4v) is 10.7. The van der Waals surface area contributed by atoms with Crippen LogP contribution in [0.4, 0.5) is 0 Å². The molecule has 1 heterocycles. The number of amides is 1. The van der Waals surface area contributed by atoms with Crippen LogP contribution in [0.15, 0.2) is 12.2 Å². The Balaban J connectivity index is 2.09. The number of carbonyl (C=O) groups excluding carboxylic acids is 1. The second-order valence-electron chi connectivity index (χ2n) is 22.9. The van der Waals surface area contributed by atoms with Crippen molar-refractivity contribution in [1.82, 2.24) is 5.32 Å². The van der Waals surface area contributed by atoms with Gasteiger partial charge in [0.05, 0.1) is 25.4 Å². The number of aliphatic hydroxyl groups is 5. The van der Waals surface area contributed by atoms with Crippen LogP contribution >= 0.6 is 0 Å². The zero-order valence-corrected chi connectivity index (χ0v) is 48.4. The molecule has 1 rings (SSSR count). The monoisotopic (exact) mass is 1040 g/mol. The van der Waals surface area contributed by atoms with Crippen molar-refractivity contribution in [3.05, 3.63) is 12.2 Å². The summed E-state index contributed by atoms with van der Waals surface area (Å²) in [6.07, 6.45) is 61.3. The van der Waals surface area contributed by atoms with Crippen LogP contribution in [0.5, 0.6) is 0 Å². The van der Waals surface area contributed by atoms with Crippen LogP contribution in [0.25, 0.3) is 0 Å². The zero-order chi connectivity index (χ0) is 52.9. The van der Waals surface area contributed by atoms with E-state index in [1.54, 1.807) is 0 Å². The highest BCUT2D eigenvalue weighted by atomic mass is 16.7. The molecule has 0 aromatic heterocycles. The summed E-state index contributed by atoms with van der Waals surface area (Å²) in [6, 6.07) is -0.716. The third-order valence-corrected chi connectivity index (χ3v) is 15.9. The maximum atomic E-state index is 13.1. The first-order chi connectivity index (χ1) is 35.8. The van der Waals surface area contributed by atoms with E-state index in [2.05, 4.69) is 31.3 Å². The molecule has 9 heteroatoms. The van der Waals surface area contributed by atoms with E-state index in [1.165, 1.54) is 270 Å². The number of hydrogen-bond donors (Lipinski definition) is 6. The molecule has 1 saturated heterocycles. The molecule has 7 atom stereocenters. The highest BCUT2D eigenvalue weighted by molar-refractivity contribution is 5.76. The molecule has 1 aliphatic rings. The molecule has 7 unspecified atom stereocenters. The van der Waals surface area contributed by atoms with Crippen molar-refractivity contribution in [2.75, 3.05) is 13.2 Å². The molecule has 0 saturated carbocycles. The molecule has 0 aliphatic carbocycles. The molecule has 6 N–H and O–H groups in total. The number of allylic oxidation sites excluding steroid dienone is 2. The summed E-state index contributed by atoms with van der Waals surface area (Å²) in [4.78, 5) is 13.1. The van der Waals surface area contributed by atoms with Gasteiger partial charge in [-0.25, -0.2) is 0 Å². The Labute approximate surface area is 452 Å². The predicted molar refractivity (Wildman–Crippen MR) is 309 cm³/mol. The summed E-state index contributed by atoms with van der Waals surface area (Å²) in [5, 5.41) is 54.8. The molecule has 9 nitrogen and oxygen atoms in total. The summed E-state index contributed by atoms with van der Waals surface area (Å²) in [5.74, 6) is -0.137. The Morgan fingerprint density at radius 2 is 0.767 bits per heavy atom. The third kappa shape index (κ3) is 43.6. The number of aliphatic hydroxyl groups excluding tert-OH is 5. The molecule has 0 bridgehead atoms. The molecular weight excluding hydrogens is 911 g/mol. The van der Waals surface area contributed by atoms with Crippen LogP contribution in [0.1, 0.15) is 335 Å². The highest BCUT2D eigenvalue weighted by Gasteiger charge is 2.44. The average Bonchev–Trinajstić information content (AvgIpc) is 3.39. The largest absolute Gasteiger partial charge is 0.394 e. The number of unbranched alkanes of at least 4 members (excludes halogenated alkanes) is 45. The van der Waals surface area contributed by atoms with E-state index in [9.17, 15) is 30.3 Å². The van der Waals surface area contributed by atoms with Crippen LogP contribution in [0.3, 0.4) is 0 Å². The van der Waals surface area contributed by atoms with E-state index in [1.807, 2.05) is 0 Å². The summed E-state index contributed by atoms with van der Waals surface area (Å²) < 4.78 is 11.3. The summed E-state index contributed by atoms with van der Waals surface area (Å²) in [6.45, 7) is 3.89. The number of hydrogen-bond acceptors (Lipinski definition) is 8. The third-order valence-electron chi connectivity index (χ3n) is 15.9. The first-order valence-corrected chi connectivity index (χ1v) is 32.4. The van der Waals surface area contributed by atoms with Gasteiger partial charge in [-0.15, -0.1) is 0 Å². The fourth-order valence-electron chi connectivity index (χ4n) is 10.7. The normalized spacial score (nSPS) is 19.0. The molecule has 0 radical (unpaired) electrons. The molecule has 0 aromatic carbocycles. The van der Waals surface area contributed by atoms with E-state index >= 15 is 0 Å². The van der Waals surface area contributed by atoms with E-state index in [4.69, 9.17) is 9.47 Å². The molecule has 1 aliphatic heterocycles. The van der Waals surface area contributed by atoms with Crippen LogP contribution in [-0.2, 0) is 14.3 Å². The fraction of sp³-hybridized carbons (Fsp3) is 0.953. The lowest BCUT2D eigenvalue weighted by molar-refractivity contribution is -0.302. The van der Waals surface area contributed by atoms with Crippen molar-refractivity contribution in [3.63, 3.8) is 0 Å². The van der Waals surface area contributed by atoms with Crippen molar-refractivity contribution in [3.8, 4) is 0 Å². The van der Waals surface area contributed by atoms with Gasteiger partial charge in [-0.2, -0.15) is 0 Å². The number of ether oxygens (including phenoxy) is 2. The number of carbonyl (C=O) groups is 1. The molecule has 0 spiro atoms. The van der Waals surface area contributed by atoms with E-state index in [-0.39, 0.29) is 12.5 Å². The SMILES string of the molecule is CCCCCCCCCCCCCC/C=C\CCCCCCCCCCCCCCCCCCCC(=O)NC(COC1OC(CO)C(O)C(O)C1O)C(O)CCCCCCCCCCCCCCCCCCC. The first kappa shape index (κ1) is 69.9. The summed E-state index contributed by atoms with van der Waals surface area (Å²) in [5.41, 5.74) is 0. The average molecular weight is 1040 g/mol. The van der Waals surface area contributed by atoms with Crippen molar-refractivity contribution in [1.29, 1.82) is 0 Å². The minimum Gasteiger partial charge on any atom is -0.394 e. The van der Waals surface area contributed by atoms with Gasteiger partial charge in [-0.3, -0.25) is 4.79 Å². The van der Waals surface area contributed by atoms with Crippen LogP contribution in [-0.4, -0.2) is 87.5 Å². The van der Waals surface area contributed by atoms with Gasteiger partial charge in [0.1, 0.15) is 24.4 Å². The lowest BCUT2D eigenvalue weighted by Crippen LogP contribution is -2.60. The van der Waals surface area contributed by atoms with Crippen molar-refractivity contribution < 1.29 is 39.8 Å². The second-order valence-corrected chi connectivity index (χ2v) is 22.9. The van der Waals surface area contributed by atoms with Crippen LogP contribution in [0, 0.1) is 0 Å². The predicted octanol–water partition coefficient (Wildman–Crippen LogP) is 16.7. The molecule has 1 amide bonds. The Kier molecular flexibility index (Phi) is 52.0. The molecule has 73 heavy (non-hydrogen) atoms. The summed E-state index contributed by atoms with van der Waals surface area (Å²) >= 11 is 0. The van der Waals surface area contributed by atoms with Crippen molar-refractivity contribution in [2.24, 2.45) is 0 Å². The number of nitrogens with one attached hydrogen (secondary N) is 1. The van der Waals surface area contributed by atoms with Gasteiger partial charge in [-0.1, -0.05) is 302 Å². The van der Waals surface area contributed by atoms with Gasteiger partial charge < -0.3 is 40.3 Å². The Hall–Kier alpha value is -1.07. The minimum atomic E-state index is -1.55. The van der Waals surface area contributed by atoms with Crippen molar-refractivity contribution >= 4 is 5.91 Å². The van der Waals surface area contributed by atoms with Crippen LogP contribution in [0.2, 0.25) is 0 Å². The molecular formula is C64H125NO8. The van der Waals surface area contributed by atoms with Gasteiger partial charge >= 0.3 is 0 Å². The second kappa shape index (κ2) is 54.3. The Bertz CT molecular complexity index is 1150. The van der Waals surface area contributed by atoms with Gasteiger partial charge in [0.25, 0.3) is 0 Å². The Morgan fingerprint density at radius 1 is 0.452 bits per heavy atom. The van der Waals surface area contributed by atoms with Gasteiger partial charge in [0.2, 0.25) is 5.91 Å². The van der Waals surface area contributed by atoms with Crippen LogP contribution < -0.4 is 5.32 Å². The number of rotatable bonds is 57. The highest BCUT2D eigenvalue weighted by Crippen LogP contribution is 2.24. The molecule has 1 fully saturated rings. The molecule has 0 aromatic rings. The van der Waals surface area contributed by atoms with Gasteiger partial charge in [-0.05, 0) is 38.5 Å². The molecule has 434 valence electrons. The maximum Gasteiger partial charge on any atom is 0.220 e.